The van der Waals surface area contributed by atoms with Gasteiger partial charge in [-0.2, -0.15) is 0 Å². The average Bonchev–Trinajstić information content (AvgIpc) is 3.37. The van der Waals surface area contributed by atoms with E-state index >= 15 is 0 Å². The number of carbonyl (C=O) groups is 4. The number of Topliss-reactive ketones (excluding diaryl/α,β-unsaturated/α-hetero) is 3. The standard InChI is InChI=1S/C34H51N3O4.C25H33N3O2/c1-32(2,40-8)19-25-41-33(3,4)30(38)18-20-36-21-23-37(24-22-36)29-16-14-28(15-17-29)31(39)34(5,35(6)7)26-27-12-10-9-11-13-27;1-25(26(2)3,20-21-8-5-4-6-9-21)24(30)22-10-12-23(13-11-22)28-17-15-27(16-18-28)14-7-19-29/h9-17H,18-26H2,1-8H3;4-6,8-13,19H,7,14-18,20H2,1-3H3. The molecule has 2 fully saturated rings. The van der Waals surface area contributed by atoms with Crippen LogP contribution in [-0.4, -0.2) is 173 Å². The molecule has 0 aliphatic carbocycles. The largest absolute Gasteiger partial charge is 0.379 e. The number of rotatable bonds is 24. The fraction of sp³-hybridized carbons (Fsp3) is 0.525. The van der Waals surface area contributed by atoms with Crippen molar-refractivity contribution in [2.75, 3.05) is 117 Å². The number of likely N-dealkylation sites (N-methyl/N-ethyl adjacent to an activating group) is 2. The van der Waals surface area contributed by atoms with Gasteiger partial charge in [0.2, 0.25) is 0 Å². The lowest BCUT2D eigenvalue weighted by molar-refractivity contribution is -0.142. The van der Waals surface area contributed by atoms with Crippen molar-refractivity contribution in [2.24, 2.45) is 0 Å². The second-order valence-corrected chi connectivity index (χ2v) is 21.3. The molecule has 6 rings (SSSR count). The van der Waals surface area contributed by atoms with Gasteiger partial charge in [0.05, 0.1) is 23.3 Å². The van der Waals surface area contributed by atoms with Crippen LogP contribution in [0.3, 0.4) is 0 Å². The summed E-state index contributed by atoms with van der Waals surface area (Å²) in [7, 11) is 9.58. The van der Waals surface area contributed by atoms with Crippen molar-refractivity contribution >= 4 is 35.0 Å². The van der Waals surface area contributed by atoms with Crippen LogP contribution in [0.2, 0.25) is 0 Å². The maximum absolute atomic E-state index is 13.7. The molecular formula is C59H84N6O6. The van der Waals surface area contributed by atoms with E-state index in [1.54, 1.807) is 7.11 Å². The van der Waals surface area contributed by atoms with Crippen LogP contribution in [0.1, 0.15) is 92.6 Å². The first kappa shape index (κ1) is 56.8. The number of anilines is 2. The Bertz CT molecular complexity index is 2270. The van der Waals surface area contributed by atoms with E-state index in [2.05, 4.69) is 68.1 Å². The highest BCUT2D eigenvalue weighted by Crippen LogP contribution is 2.28. The molecule has 12 heteroatoms. The number of aldehydes is 1. The number of piperazine rings is 2. The highest BCUT2D eigenvalue weighted by atomic mass is 16.5. The first-order chi connectivity index (χ1) is 33.7. The molecule has 2 unspecified atom stereocenters. The maximum Gasteiger partial charge on any atom is 0.183 e. The van der Waals surface area contributed by atoms with E-state index in [4.69, 9.17) is 9.47 Å². The molecule has 2 aliphatic heterocycles. The smallest absolute Gasteiger partial charge is 0.183 e. The Hall–Kier alpha value is -5.08. The molecule has 0 spiro atoms. The van der Waals surface area contributed by atoms with E-state index in [1.807, 2.05) is 140 Å². The van der Waals surface area contributed by atoms with E-state index in [1.165, 1.54) is 0 Å². The Morgan fingerprint density at radius 1 is 0.563 bits per heavy atom. The fourth-order valence-corrected chi connectivity index (χ4v) is 9.13. The first-order valence-electron chi connectivity index (χ1n) is 25.5. The number of benzene rings is 4. The van der Waals surface area contributed by atoms with E-state index in [9.17, 15) is 19.2 Å². The third-order valence-corrected chi connectivity index (χ3v) is 15.1. The van der Waals surface area contributed by atoms with Crippen molar-refractivity contribution in [3.05, 3.63) is 131 Å². The van der Waals surface area contributed by atoms with Crippen LogP contribution in [0.15, 0.2) is 109 Å². The van der Waals surface area contributed by atoms with Gasteiger partial charge in [0, 0.05) is 108 Å². The summed E-state index contributed by atoms with van der Waals surface area (Å²) in [6.07, 6.45) is 4.13. The van der Waals surface area contributed by atoms with Gasteiger partial charge in [0.1, 0.15) is 11.9 Å². The van der Waals surface area contributed by atoms with Crippen LogP contribution in [-0.2, 0) is 31.9 Å². The highest BCUT2D eigenvalue weighted by Gasteiger charge is 2.38. The monoisotopic (exact) mass is 973 g/mol. The minimum atomic E-state index is -0.797. The van der Waals surface area contributed by atoms with Crippen molar-refractivity contribution in [3.8, 4) is 0 Å². The normalized spacial score (nSPS) is 16.7. The Labute approximate surface area is 426 Å². The summed E-state index contributed by atoms with van der Waals surface area (Å²) < 4.78 is 11.4. The van der Waals surface area contributed by atoms with Gasteiger partial charge in [-0.3, -0.25) is 34.0 Å². The minimum absolute atomic E-state index is 0.127. The molecule has 0 saturated carbocycles. The number of carbonyl (C=O) groups excluding carboxylic acids is 4. The Morgan fingerprint density at radius 2 is 0.958 bits per heavy atom. The van der Waals surface area contributed by atoms with Crippen LogP contribution >= 0.6 is 0 Å². The summed E-state index contributed by atoms with van der Waals surface area (Å²) in [6, 6.07) is 36.5. The second-order valence-electron chi connectivity index (χ2n) is 21.3. The van der Waals surface area contributed by atoms with Gasteiger partial charge in [-0.05, 0) is 149 Å². The molecule has 0 bridgehead atoms. The lowest BCUT2D eigenvalue weighted by Gasteiger charge is -2.37. The molecule has 386 valence electrons. The molecule has 4 aromatic carbocycles. The van der Waals surface area contributed by atoms with Crippen molar-refractivity contribution < 1.29 is 28.7 Å². The number of ether oxygens (including phenoxy) is 2. The summed E-state index contributed by atoms with van der Waals surface area (Å²) in [5, 5.41) is 0. The third kappa shape index (κ3) is 16.0. The predicted molar refractivity (Wildman–Crippen MR) is 289 cm³/mol. The summed E-state index contributed by atoms with van der Waals surface area (Å²) in [6.45, 7) is 21.3. The molecule has 0 radical (unpaired) electrons. The number of nitrogens with zero attached hydrogens (tertiary/aromatic N) is 6. The Morgan fingerprint density at radius 3 is 1.32 bits per heavy atom. The summed E-state index contributed by atoms with van der Waals surface area (Å²) in [5.41, 5.74) is 3.76. The Kier molecular flexibility index (Phi) is 20.8. The van der Waals surface area contributed by atoms with Crippen LogP contribution in [0.25, 0.3) is 0 Å². The van der Waals surface area contributed by atoms with Gasteiger partial charge < -0.3 is 24.1 Å². The van der Waals surface area contributed by atoms with Gasteiger partial charge in [-0.25, -0.2) is 0 Å². The molecule has 71 heavy (non-hydrogen) atoms. The van der Waals surface area contributed by atoms with Crippen LogP contribution in [0.4, 0.5) is 11.4 Å². The van der Waals surface area contributed by atoms with Crippen molar-refractivity contribution in [1.29, 1.82) is 0 Å². The maximum atomic E-state index is 13.7. The molecule has 12 nitrogen and oxygen atoms in total. The lowest BCUT2D eigenvalue weighted by Crippen LogP contribution is -2.50. The van der Waals surface area contributed by atoms with Crippen LogP contribution in [0.5, 0.6) is 0 Å². The van der Waals surface area contributed by atoms with Gasteiger partial charge in [0.25, 0.3) is 0 Å². The quantitative estimate of drug-likeness (QED) is 0.0499. The number of hydrogen-bond donors (Lipinski definition) is 0. The molecule has 0 amide bonds. The zero-order chi connectivity index (χ0) is 51.8. The summed E-state index contributed by atoms with van der Waals surface area (Å²) in [5.74, 6) is 0.399. The van der Waals surface area contributed by atoms with E-state index in [-0.39, 0.29) is 23.0 Å². The van der Waals surface area contributed by atoms with E-state index in [0.29, 0.717) is 32.3 Å². The second kappa shape index (κ2) is 26.0. The SMILES string of the molecule is CN(C)C(C)(Cc1ccccc1)C(=O)c1ccc(N2CCN(CCC=O)CC2)cc1.COC(C)(C)CCOC(C)(C)C(=O)CCN1CCN(c2ccc(C(=O)C(C)(Cc3ccccc3)N(C)C)cc2)CC1. The lowest BCUT2D eigenvalue weighted by atomic mass is 9.84. The minimum Gasteiger partial charge on any atom is -0.379 e. The van der Waals surface area contributed by atoms with Crippen LogP contribution in [0, 0.1) is 0 Å². The number of hydrogen-bond acceptors (Lipinski definition) is 12. The average molecular weight is 973 g/mol. The van der Waals surface area contributed by atoms with Gasteiger partial charge in [-0.1, -0.05) is 60.7 Å². The topological polar surface area (TPSA) is 106 Å². The number of ketones is 3. The van der Waals surface area contributed by atoms with Gasteiger partial charge in [-0.15, -0.1) is 0 Å². The van der Waals surface area contributed by atoms with Gasteiger partial charge >= 0.3 is 0 Å². The first-order valence-corrected chi connectivity index (χ1v) is 25.5. The van der Waals surface area contributed by atoms with Crippen molar-refractivity contribution in [3.63, 3.8) is 0 Å². The molecule has 4 aromatic rings. The van der Waals surface area contributed by atoms with Crippen LogP contribution < -0.4 is 9.80 Å². The zero-order valence-corrected chi connectivity index (χ0v) is 44.9. The summed E-state index contributed by atoms with van der Waals surface area (Å²) in [4.78, 5) is 64.0. The van der Waals surface area contributed by atoms with Crippen molar-refractivity contribution in [2.45, 2.75) is 95.9 Å². The molecule has 0 aromatic heterocycles. The molecular weight excluding hydrogens is 889 g/mol. The molecule has 2 heterocycles. The third-order valence-electron chi connectivity index (χ3n) is 15.1. The summed E-state index contributed by atoms with van der Waals surface area (Å²) >= 11 is 0. The molecule has 2 saturated heterocycles. The Balaban J connectivity index is 0.000000277. The predicted octanol–water partition coefficient (Wildman–Crippen LogP) is 8.27. The molecule has 2 aliphatic rings. The molecule has 0 N–H and O–H groups in total. The molecule has 2 atom stereocenters. The van der Waals surface area contributed by atoms with E-state index in [0.717, 1.165) is 112 Å². The van der Waals surface area contributed by atoms with Gasteiger partial charge in [0.15, 0.2) is 17.3 Å². The van der Waals surface area contributed by atoms with E-state index < -0.39 is 16.7 Å². The van der Waals surface area contributed by atoms with Crippen molar-refractivity contribution in [1.82, 2.24) is 19.6 Å². The fourth-order valence-electron chi connectivity index (χ4n) is 9.13. The zero-order valence-electron chi connectivity index (χ0n) is 44.9. The number of methoxy groups -OCH3 is 1. The highest BCUT2D eigenvalue weighted by molar-refractivity contribution is 6.04.